The molecule has 0 radical (unpaired) electrons. The van der Waals surface area contributed by atoms with E-state index in [0.717, 1.165) is 25.2 Å². The monoisotopic (exact) mass is 286 g/mol. The predicted octanol–water partition coefficient (Wildman–Crippen LogP) is 1.51. The Morgan fingerprint density at radius 1 is 1.33 bits per heavy atom. The first-order valence-electron chi connectivity index (χ1n) is 7.57. The molecule has 3 unspecified atom stereocenters. The van der Waals surface area contributed by atoms with Crippen molar-refractivity contribution in [2.45, 2.75) is 18.5 Å². The zero-order valence-corrected chi connectivity index (χ0v) is 13.5. The first-order valence-corrected chi connectivity index (χ1v) is 7.57. The zero-order valence-electron chi connectivity index (χ0n) is 13.5. The molecule has 1 aromatic carbocycles. The van der Waals surface area contributed by atoms with Gasteiger partial charge in [0.1, 0.15) is 5.54 Å². The minimum absolute atomic E-state index is 0.564. The van der Waals surface area contributed by atoms with Crippen LogP contribution in [0.5, 0.6) is 0 Å². The number of nitrogens with zero attached hydrogens (tertiary/aromatic N) is 3. The van der Waals surface area contributed by atoms with Crippen molar-refractivity contribution in [1.82, 2.24) is 15.1 Å². The minimum atomic E-state index is -0.637. The number of nitrogens with one attached hydrogen (secondary N) is 1. The summed E-state index contributed by atoms with van der Waals surface area (Å²) in [5.41, 5.74) is 0.401. The van der Waals surface area contributed by atoms with Gasteiger partial charge in [-0.1, -0.05) is 37.3 Å². The molecule has 1 aromatic rings. The normalized spacial score (nSPS) is 25.7. The van der Waals surface area contributed by atoms with Gasteiger partial charge in [0, 0.05) is 25.7 Å². The van der Waals surface area contributed by atoms with E-state index < -0.39 is 5.54 Å². The van der Waals surface area contributed by atoms with Gasteiger partial charge in [0.2, 0.25) is 0 Å². The standard InChI is InChI=1S/C17H26N4/c1-14-10-21(11-16(14)20(3)4)13-17(12-18,19-2)15-8-6-5-7-9-15/h5-9,14,16,19H,10-11,13H2,1-4H3. The van der Waals surface area contributed by atoms with E-state index in [4.69, 9.17) is 0 Å². The van der Waals surface area contributed by atoms with Crippen molar-refractivity contribution in [3.8, 4) is 6.07 Å². The van der Waals surface area contributed by atoms with Gasteiger partial charge in [0.05, 0.1) is 6.07 Å². The Kier molecular flexibility index (Phi) is 5.00. The average Bonchev–Trinajstić information content (AvgIpc) is 2.86. The van der Waals surface area contributed by atoms with E-state index in [1.165, 1.54) is 0 Å². The summed E-state index contributed by atoms with van der Waals surface area (Å²) < 4.78 is 0. The van der Waals surface area contributed by atoms with Crippen LogP contribution in [-0.2, 0) is 5.54 Å². The summed E-state index contributed by atoms with van der Waals surface area (Å²) in [5, 5.41) is 13.0. The predicted molar refractivity (Wildman–Crippen MR) is 85.9 cm³/mol. The lowest BCUT2D eigenvalue weighted by Gasteiger charge is -2.31. The molecule has 1 N–H and O–H groups in total. The highest BCUT2D eigenvalue weighted by molar-refractivity contribution is 5.32. The van der Waals surface area contributed by atoms with Gasteiger partial charge >= 0.3 is 0 Å². The molecule has 1 saturated heterocycles. The van der Waals surface area contributed by atoms with E-state index in [2.05, 4.69) is 42.2 Å². The van der Waals surface area contributed by atoms with Crippen LogP contribution in [0.4, 0.5) is 0 Å². The van der Waals surface area contributed by atoms with Crippen LogP contribution in [0, 0.1) is 17.2 Å². The molecule has 0 amide bonds. The van der Waals surface area contributed by atoms with Crippen molar-refractivity contribution in [3.63, 3.8) is 0 Å². The summed E-state index contributed by atoms with van der Waals surface area (Å²) in [5.74, 6) is 0.629. The molecule has 0 saturated carbocycles. The molecule has 114 valence electrons. The molecular formula is C17H26N4. The molecule has 0 bridgehead atoms. The number of hydrogen-bond donors (Lipinski definition) is 1. The molecular weight excluding hydrogens is 260 g/mol. The average molecular weight is 286 g/mol. The highest BCUT2D eigenvalue weighted by Gasteiger charge is 2.38. The van der Waals surface area contributed by atoms with E-state index in [0.29, 0.717) is 12.0 Å². The van der Waals surface area contributed by atoms with Crippen LogP contribution in [0.15, 0.2) is 30.3 Å². The quantitative estimate of drug-likeness (QED) is 0.891. The van der Waals surface area contributed by atoms with Crippen LogP contribution in [0.2, 0.25) is 0 Å². The second-order valence-corrected chi connectivity index (χ2v) is 6.34. The number of likely N-dealkylation sites (tertiary alicyclic amines) is 1. The summed E-state index contributed by atoms with van der Waals surface area (Å²) in [6.45, 7) is 5.08. The van der Waals surface area contributed by atoms with E-state index in [1.807, 2.05) is 37.4 Å². The van der Waals surface area contributed by atoms with Crippen LogP contribution in [0.1, 0.15) is 12.5 Å². The number of hydrogen-bond acceptors (Lipinski definition) is 4. The maximum Gasteiger partial charge on any atom is 0.144 e. The number of rotatable bonds is 5. The maximum absolute atomic E-state index is 9.78. The van der Waals surface area contributed by atoms with Crippen molar-refractivity contribution in [2.75, 3.05) is 40.8 Å². The summed E-state index contributed by atoms with van der Waals surface area (Å²) in [7, 11) is 6.15. The van der Waals surface area contributed by atoms with Crippen LogP contribution >= 0.6 is 0 Å². The minimum Gasteiger partial charge on any atom is -0.305 e. The van der Waals surface area contributed by atoms with Gasteiger partial charge in [-0.15, -0.1) is 0 Å². The molecule has 1 aliphatic rings. The number of benzene rings is 1. The lowest BCUT2D eigenvalue weighted by Crippen LogP contribution is -2.48. The molecule has 1 fully saturated rings. The summed E-state index contributed by atoms with van der Waals surface area (Å²) >= 11 is 0. The highest BCUT2D eigenvalue weighted by atomic mass is 15.3. The van der Waals surface area contributed by atoms with Crippen LogP contribution in [-0.4, -0.2) is 56.6 Å². The molecule has 3 atom stereocenters. The third-order valence-corrected chi connectivity index (χ3v) is 4.66. The fourth-order valence-electron chi connectivity index (χ4n) is 3.38. The molecule has 4 nitrogen and oxygen atoms in total. The van der Waals surface area contributed by atoms with Crippen molar-refractivity contribution in [3.05, 3.63) is 35.9 Å². The zero-order chi connectivity index (χ0) is 15.5. The molecule has 0 aliphatic carbocycles. The Balaban J connectivity index is 2.17. The van der Waals surface area contributed by atoms with Gasteiger partial charge in [-0.25, -0.2) is 0 Å². The number of likely N-dealkylation sites (N-methyl/N-ethyl adjacent to an activating group) is 2. The fourth-order valence-corrected chi connectivity index (χ4v) is 3.38. The third-order valence-electron chi connectivity index (χ3n) is 4.66. The van der Waals surface area contributed by atoms with E-state index in [9.17, 15) is 5.26 Å². The Labute approximate surface area is 128 Å². The summed E-state index contributed by atoms with van der Waals surface area (Å²) in [6, 6.07) is 13.1. The second kappa shape index (κ2) is 6.57. The van der Waals surface area contributed by atoms with Crippen LogP contribution in [0.3, 0.4) is 0 Å². The van der Waals surface area contributed by atoms with Gasteiger partial charge in [0.15, 0.2) is 0 Å². The van der Waals surface area contributed by atoms with Gasteiger partial charge in [0.25, 0.3) is 0 Å². The first kappa shape index (κ1) is 16.0. The molecule has 4 heteroatoms. The Bertz CT molecular complexity index is 493. The lowest BCUT2D eigenvalue weighted by molar-refractivity contribution is 0.228. The van der Waals surface area contributed by atoms with E-state index in [-0.39, 0.29) is 0 Å². The smallest absolute Gasteiger partial charge is 0.144 e. The van der Waals surface area contributed by atoms with Gasteiger partial charge in [-0.3, -0.25) is 10.2 Å². The second-order valence-electron chi connectivity index (χ2n) is 6.34. The lowest BCUT2D eigenvalue weighted by atomic mass is 9.91. The largest absolute Gasteiger partial charge is 0.305 e. The van der Waals surface area contributed by atoms with Crippen molar-refractivity contribution >= 4 is 0 Å². The Morgan fingerprint density at radius 3 is 2.48 bits per heavy atom. The highest BCUT2D eigenvalue weighted by Crippen LogP contribution is 2.26. The van der Waals surface area contributed by atoms with Gasteiger partial charge in [-0.05, 0) is 32.6 Å². The van der Waals surface area contributed by atoms with E-state index in [1.54, 1.807) is 0 Å². The SMILES string of the molecule is CNC(C#N)(CN1CC(C)C(N(C)C)C1)c1ccccc1. The molecule has 1 aliphatic heterocycles. The van der Waals surface area contributed by atoms with Crippen LogP contribution < -0.4 is 5.32 Å². The molecule has 0 aromatic heterocycles. The van der Waals surface area contributed by atoms with Gasteiger partial charge < -0.3 is 4.90 Å². The summed E-state index contributed by atoms with van der Waals surface area (Å²) in [6.07, 6.45) is 0. The third kappa shape index (κ3) is 3.26. The molecule has 1 heterocycles. The van der Waals surface area contributed by atoms with Crippen molar-refractivity contribution < 1.29 is 0 Å². The van der Waals surface area contributed by atoms with Crippen molar-refractivity contribution in [1.29, 1.82) is 5.26 Å². The van der Waals surface area contributed by atoms with Gasteiger partial charge in [-0.2, -0.15) is 5.26 Å². The Morgan fingerprint density at radius 2 is 2.00 bits per heavy atom. The molecule has 0 spiro atoms. The first-order chi connectivity index (χ1) is 10.0. The maximum atomic E-state index is 9.78. The van der Waals surface area contributed by atoms with Crippen LogP contribution in [0.25, 0.3) is 0 Å². The summed E-state index contributed by atoms with van der Waals surface area (Å²) in [4.78, 5) is 4.70. The van der Waals surface area contributed by atoms with E-state index >= 15 is 0 Å². The topological polar surface area (TPSA) is 42.3 Å². The Hall–Kier alpha value is -1.41. The molecule has 21 heavy (non-hydrogen) atoms. The fraction of sp³-hybridized carbons (Fsp3) is 0.588. The number of nitriles is 1. The van der Waals surface area contributed by atoms with Crippen molar-refractivity contribution in [2.24, 2.45) is 5.92 Å². The molecule has 2 rings (SSSR count).